The molecule has 0 rings (SSSR count). The molecule has 178 valence electrons. The molecule has 0 radical (unpaired) electrons. The van der Waals surface area contributed by atoms with E-state index in [-0.39, 0.29) is 24.1 Å². The van der Waals surface area contributed by atoms with Gasteiger partial charge in [0, 0.05) is 12.8 Å². The number of hydrogen-bond donors (Lipinski definition) is 0. The normalized spacial score (nSPS) is 12.4. The maximum absolute atomic E-state index is 11.8. The van der Waals surface area contributed by atoms with E-state index in [4.69, 9.17) is 9.47 Å². The summed E-state index contributed by atoms with van der Waals surface area (Å²) in [6, 6.07) is 0. The fourth-order valence-corrected chi connectivity index (χ4v) is 3.79. The minimum Gasteiger partial charge on any atom is -0.463 e. The summed E-state index contributed by atoms with van der Waals surface area (Å²) in [5.74, 6) is 0.395. The van der Waals surface area contributed by atoms with Crippen molar-refractivity contribution in [2.75, 3.05) is 0 Å². The number of esters is 2. The molecule has 30 heavy (non-hydrogen) atoms. The van der Waals surface area contributed by atoms with E-state index in [0.717, 1.165) is 25.7 Å². The Balaban J connectivity index is 3.38. The van der Waals surface area contributed by atoms with Gasteiger partial charge < -0.3 is 9.47 Å². The van der Waals surface area contributed by atoms with Crippen LogP contribution in [0.5, 0.6) is 0 Å². The lowest BCUT2D eigenvalue weighted by Gasteiger charge is -2.15. The Bertz CT molecular complexity index is 417. The third-order valence-corrected chi connectivity index (χ3v) is 5.51. The topological polar surface area (TPSA) is 52.6 Å². The van der Waals surface area contributed by atoms with Crippen molar-refractivity contribution >= 4 is 11.9 Å². The first-order valence-corrected chi connectivity index (χ1v) is 12.7. The fraction of sp³-hybridized carbons (Fsp3) is 0.923. The molecule has 0 heterocycles. The maximum Gasteiger partial charge on any atom is 0.306 e. The molecule has 1 atom stereocenters. The van der Waals surface area contributed by atoms with Crippen molar-refractivity contribution < 1.29 is 19.1 Å². The molecule has 0 saturated carbocycles. The van der Waals surface area contributed by atoms with Crippen LogP contribution >= 0.6 is 0 Å². The van der Waals surface area contributed by atoms with Crippen LogP contribution in [0, 0.1) is 5.92 Å². The summed E-state index contributed by atoms with van der Waals surface area (Å²) in [7, 11) is 0. The Morgan fingerprint density at radius 1 is 0.600 bits per heavy atom. The van der Waals surface area contributed by atoms with Crippen molar-refractivity contribution in [3.8, 4) is 0 Å². The van der Waals surface area contributed by atoms with E-state index in [0.29, 0.717) is 18.8 Å². The zero-order valence-electron chi connectivity index (χ0n) is 20.7. The summed E-state index contributed by atoms with van der Waals surface area (Å²) in [5, 5.41) is 0. The van der Waals surface area contributed by atoms with Crippen molar-refractivity contribution in [3.63, 3.8) is 0 Å². The predicted octanol–water partition coefficient (Wildman–Crippen LogP) is 7.77. The molecule has 0 aliphatic rings. The van der Waals surface area contributed by atoms with E-state index in [1.54, 1.807) is 0 Å². The molecule has 0 aliphatic heterocycles. The van der Waals surface area contributed by atoms with Gasteiger partial charge in [-0.1, -0.05) is 84.0 Å². The van der Waals surface area contributed by atoms with Crippen LogP contribution in [0.3, 0.4) is 0 Å². The monoisotopic (exact) mass is 426 g/mol. The average Bonchev–Trinajstić information content (AvgIpc) is 2.66. The van der Waals surface area contributed by atoms with E-state index in [1.807, 2.05) is 27.7 Å². The van der Waals surface area contributed by atoms with Crippen LogP contribution in [-0.4, -0.2) is 24.1 Å². The number of hydrogen-bond acceptors (Lipinski definition) is 4. The van der Waals surface area contributed by atoms with E-state index < -0.39 is 0 Å². The Kier molecular flexibility index (Phi) is 19.2. The van der Waals surface area contributed by atoms with Crippen LogP contribution in [0.15, 0.2) is 0 Å². The molecule has 0 aromatic rings. The molecule has 1 unspecified atom stereocenters. The highest BCUT2D eigenvalue weighted by atomic mass is 16.5. The number of carbonyl (C=O) groups is 2. The Labute approximate surface area is 186 Å². The predicted molar refractivity (Wildman–Crippen MR) is 125 cm³/mol. The summed E-state index contributed by atoms with van der Waals surface area (Å²) in [6.07, 6.45) is 18.5. The summed E-state index contributed by atoms with van der Waals surface area (Å²) in [4.78, 5) is 23.2. The lowest BCUT2D eigenvalue weighted by molar-refractivity contribution is -0.149. The first-order chi connectivity index (χ1) is 14.3. The van der Waals surface area contributed by atoms with Gasteiger partial charge in [-0.25, -0.2) is 0 Å². The molecule has 4 heteroatoms. The summed E-state index contributed by atoms with van der Waals surface area (Å²) in [6.45, 7) is 9.79. The minimum absolute atomic E-state index is 0.00431. The second-order valence-corrected chi connectivity index (χ2v) is 9.34. The number of carbonyl (C=O) groups excluding carboxylic acids is 2. The smallest absolute Gasteiger partial charge is 0.306 e. The lowest BCUT2D eigenvalue weighted by atomic mass is 9.95. The van der Waals surface area contributed by atoms with Crippen molar-refractivity contribution in [3.05, 3.63) is 0 Å². The quantitative estimate of drug-likeness (QED) is 0.147. The van der Waals surface area contributed by atoms with Crippen molar-refractivity contribution in [1.82, 2.24) is 0 Å². The lowest BCUT2D eigenvalue weighted by Crippen LogP contribution is -2.15. The molecule has 0 spiro atoms. The van der Waals surface area contributed by atoms with Gasteiger partial charge in [0.1, 0.15) is 0 Å². The van der Waals surface area contributed by atoms with Gasteiger partial charge in [-0.2, -0.15) is 0 Å². The average molecular weight is 427 g/mol. The number of rotatable bonds is 20. The fourth-order valence-electron chi connectivity index (χ4n) is 3.79. The summed E-state index contributed by atoms with van der Waals surface area (Å²) < 4.78 is 10.4. The highest BCUT2D eigenvalue weighted by Crippen LogP contribution is 2.19. The third kappa shape index (κ3) is 20.2. The molecule has 0 amide bonds. The van der Waals surface area contributed by atoms with Gasteiger partial charge in [0.05, 0.1) is 12.2 Å². The van der Waals surface area contributed by atoms with Crippen molar-refractivity contribution in [1.29, 1.82) is 0 Å². The van der Waals surface area contributed by atoms with Gasteiger partial charge >= 0.3 is 11.9 Å². The zero-order chi connectivity index (χ0) is 22.6. The molecule has 0 bridgehead atoms. The van der Waals surface area contributed by atoms with Crippen LogP contribution in [0.1, 0.15) is 137 Å². The molecular formula is C26H50O4. The van der Waals surface area contributed by atoms with Gasteiger partial charge in [-0.15, -0.1) is 0 Å². The molecule has 0 aliphatic carbocycles. The second-order valence-electron chi connectivity index (χ2n) is 9.34. The van der Waals surface area contributed by atoms with Crippen LogP contribution < -0.4 is 0 Å². The Morgan fingerprint density at radius 3 is 1.43 bits per heavy atom. The number of ether oxygens (including phenoxy) is 2. The Hall–Kier alpha value is -1.06. The van der Waals surface area contributed by atoms with Crippen LogP contribution in [0.2, 0.25) is 0 Å². The van der Waals surface area contributed by atoms with Crippen molar-refractivity contribution in [2.24, 2.45) is 5.92 Å². The van der Waals surface area contributed by atoms with E-state index >= 15 is 0 Å². The number of unbranched alkanes of at least 4 members (excludes halogenated alkanes) is 11. The molecule has 0 saturated heterocycles. The first kappa shape index (κ1) is 28.9. The highest BCUT2D eigenvalue weighted by Gasteiger charge is 2.14. The standard InChI is InChI=1S/C26H50O4/c1-6-24(21-26(28)30-23(4)5)19-17-15-13-11-9-7-8-10-12-14-16-18-20-25(27)29-22(2)3/h22-24H,6-21H2,1-5H3. The third-order valence-electron chi connectivity index (χ3n) is 5.51. The van der Waals surface area contributed by atoms with E-state index in [9.17, 15) is 9.59 Å². The van der Waals surface area contributed by atoms with E-state index in [2.05, 4.69) is 6.92 Å². The molecule has 0 aromatic carbocycles. The van der Waals surface area contributed by atoms with Crippen LogP contribution in [0.25, 0.3) is 0 Å². The summed E-state index contributed by atoms with van der Waals surface area (Å²) >= 11 is 0. The first-order valence-electron chi connectivity index (χ1n) is 12.7. The molecule has 4 nitrogen and oxygen atoms in total. The molecule has 0 fully saturated rings. The highest BCUT2D eigenvalue weighted by molar-refractivity contribution is 5.70. The largest absolute Gasteiger partial charge is 0.463 e. The van der Waals surface area contributed by atoms with Crippen molar-refractivity contribution in [2.45, 2.75) is 150 Å². The van der Waals surface area contributed by atoms with Gasteiger partial charge in [0.2, 0.25) is 0 Å². The SMILES string of the molecule is CCC(CCCCCCCCCCCCCCC(=O)OC(C)C)CC(=O)OC(C)C. The molecular weight excluding hydrogens is 376 g/mol. The zero-order valence-corrected chi connectivity index (χ0v) is 20.7. The maximum atomic E-state index is 11.8. The van der Waals surface area contributed by atoms with Gasteiger partial charge in [-0.05, 0) is 46.5 Å². The van der Waals surface area contributed by atoms with Crippen LogP contribution in [0.4, 0.5) is 0 Å². The van der Waals surface area contributed by atoms with Crippen LogP contribution in [-0.2, 0) is 19.1 Å². The van der Waals surface area contributed by atoms with Gasteiger partial charge in [-0.3, -0.25) is 9.59 Å². The second kappa shape index (κ2) is 19.9. The molecule has 0 N–H and O–H groups in total. The Morgan fingerprint density at radius 2 is 1.00 bits per heavy atom. The van der Waals surface area contributed by atoms with Gasteiger partial charge in [0.25, 0.3) is 0 Å². The molecule has 0 aromatic heterocycles. The summed E-state index contributed by atoms with van der Waals surface area (Å²) in [5.41, 5.74) is 0. The van der Waals surface area contributed by atoms with E-state index in [1.165, 1.54) is 64.2 Å². The van der Waals surface area contributed by atoms with Gasteiger partial charge in [0.15, 0.2) is 0 Å². The minimum atomic E-state index is -0.0520.